The van der Waals surface area contributed by atoms with Crippen LogP contribution in [0.5, 0.6) is 0 Å². The average molecular weight is 528 g/mol. The second-order valence-electron chi connectivity index (χ2n) is 11.0. The van der Waals surface area contributed by atoms with Crippen LogP contribution < -0.4 is 5.32 Å². The molecular weight excluding hydrogens is 490 g/mol. The minimum Gasteiger partial charge on any atom is -0.345 e. The van der Waals surface area contributed by atoms with Crippen molar-refractivity contribution in [2.24, 2.45) is 0 Å². The summed E-state index contributed by atoms with van der Waals surface area (Å²) in [5.74, 6) is -0.0847. The number of anilines is 1. The first-order valence-electron chi connectivity index (χ1n) is 13.6. The molecule has 8 nitrogen and oxygen atoms in total. The second kappa shape index (κ2) is 10.7. The molecule has 8 heteroatoms. The van der Waals surface area contributed by atoms with E-state index in [9.17, 15) is 14.4 Å². The van der Waals surface area contributed by atoms with Crippen molar-refractivity contribution in [1.29, 1.82) is 0 Å². The van der Waals surface area contributed by atoms with Gasteiger partial charge < -0.3 is 19.7 Å². The van der Waals surface area contributed by atoms with Crippen LogP contribution in [0.25, 0.3) is 0 Å². The number of benzene rings is 2. The van der Waals surface area contributed by atoms with Gasteiger partial charge in [0.05, 0.1) is 5.54 Å². The minimum atomic E-state index is -0.106. The molecule has 1 fully saturated rings. The van der Waals surface area contributed by atoms with Gasteiger partial charge in [0.25, 0.3) is 11.8 Å². The third-order valence-electron chi connectivity index (χ3n) is 8.08. The molecule has 1 aliphatic heterocycles. The van der Waals surface area contributed by atoms with Crippen molar-refractivity contribution in [3.05, 3.63) is 88.7 Å². The van der Waals surface area contributed by atoms with Gasteiger partial charge in [-0.05, 0) is 66.8 Å². The van der Waals surface area contributed by atoms with Crippen molar-refractivity contribution >= 4 is 23.4 Å². The maximum Gasteiger partial charge on any atom is 0.270 e. The third kappa shape index (κ3) is 5.21. The third-order valence-corrected chi connectivity index (χ3v) is 8.08. The molecule has 2 aliphatic rings. The molecule has 39 heavy (non-hydrogen) atoms. The van der Waals surface area contributed by atoms with Crippen molar-refractivity contribution in [3.63, 3.8) is 0 Å². The molecule has 204 valence electrons. The van der Waals surface area contributed by atoms with E-state index in [1.165, 1.54) is 24.6 Å². The molecule has 0 radical (unpaired) electrons. The summed E-state index contributed by atoms with van der Waals surface area (Å²) in [6.07, 6.45) is 3.34. The van der Waals surface area contributed by atoms with Crippen molar-refractivity contribution < 1.29 is 14.4 Å². The van der Waals surface area contributed by atoms with Gasteiger partial charge in [-0.2, -0.15) is 0 Å². The number of nitrogens with one attached hydrogen (secondary N) is 1. The van der Waals surface area contributed by atoms with Crippen LogP contribution in [0.15, 0.2) is 60.7 Å². The summed E-state index contributed by atoms with van der Waals surface area (Å²) >= 11 is 0. The van der Waals surface area contributed by atoms with Gasteiger partial charge in [-0.25, -0.2) is 0 Å². The predicted molar refractivity (Wildman–Crippen MR) is 151 cm³/mol. The molecule has 1 N–H and O–H groups in total. The zero-order valence-corrected chi connectivity index (χ0v) is 23.2. The normalized spacial score (nSPS) is 15.8. The van der Waals surface area contributed by atoms with Crippen LogP contribution >= 0.6 is 0 Å². The van der Waals surface area contributed by atoms with Gasteiger partial charge in [0.15, 0.2) is 0 Å². The Morgan fingerprint density at radius 2 is 1.51 bits per heavy atom. The van der Waals surface area contributed by atoms with E-state index in [1.807, 2.05) is 49.5 Å². The molecular formula is C31H37N5O3. The molecule has 0 bridgehead atoms. The van der Waals surface area contributed by atoms with Gasteiger partial charge in [0.2, 0.25) is 5.91 Å². The lowest BCUT2D eigenvalue weighted by molar-refractivity contribution is -0.114. The lowest BCUT2D eigenvalue weighted by Crippen LogP contribution is -2.56. The van der Waals surface area contributed by atoms with E-state index >= 15 is 0 Å². The monoisotopic (exact) mass is 527 g/mol. The predicted octanol–water partition coefficient (Wildman–Crippen LogP) is 4.32. The molecule has 2 heterocycles. The Labute approximate surface area is 230 Å². The average Bonchev–Trinajstić information content (AvgIpc) is 3.32. The first kappa shape index (κ1) is 26.7. The van der Waals surface area contributed by atoms with Crippen LogP contribution in [0.4, 0.5) is 5.69 Å². The molecule has 1 saturated carbocycles. The summed E-state index contributed by atoms with van der Waals surface area (Å²) in [6, 6.07) is 19.7. The number of hydrogen-bond acceptors (Lipinski definition) is 4. The standard InChI is InChI=1S/C31H37N5O3/c1-22(37)32-26-12-8-23(9-13-26)20-34(4)30(39)27-14-15-28-31(16-5-17-31)35(18-19-36(27)28)21-24-6-10-25(11-7-24)29(38)33(2)3/h6-15H,5,16-21H2,1-4H3,(H,32,37). The van der Waals surface area contributed by atoms with E-state index in [-0.39, 0.29) is 23.3 Å². The van der Waals surface area contributed by atoms with E-state index in [1.54, 1.807) is 23.9 Å². The Hall–Kier alpha value is -3.91. The molecule has 1 spiro atoms. The molecule has 3 amide bonds. The molecule has 1 aromatic heterocycles. The Morgan fingerprint density at radius 1 is 0.846 bits per heavy atom. The highest BCUT2D eigenvalue weighted by molar-refractivity contribution is 5.94. The lowest BCUT2D eigenvalue weighted by Gasteiger charge is -2.53. The summed E-state index contributed by atoms with van der Waals surface area (Å²) in [5.41, 5.74) is 5.56. The molecule has 0 atom stereocenters. The fourth-order valence-corrected chi connectivity index (χ4v) is 5.88. The summed E-state index contributed by atoms with van der Waals surface area (Å²) in [7, 11) is 5.37. The van der Waals surface area contributed by atoms with Gasteiger partial charge in [0, 0.05) is 71.2 Å². The number of carbonyl (C=O) groups is 3. The number of fused-ring (bicyclic) bond motifs is 2. The molecule has 1 aliphatic carbocycles. The Morgan fingerprint density at radius 3 is 2.10 bits per heavy atom. The first-order valence-corrected chi connectivity index (χ1v) is 13.6. The fraction of sp³-hybridized carbons (Fsp3) is 0.387. The summed E-state index contributed by atoms with van der Waals surface area (Å²) < 4.78 is 2.23. The number of nitrogens with zero attached hydrogens (tertiary/aromatic N) is 4. The largest absolute Gasteiger partial charge is 0.345 e. The van der Waals surface area contributed by atoms with Crippen LogP contribution in [0.3, 0.4) is 0 Å². The fourth-order valence-electron chi connectivity index (χ4n) is 5.88. The van der Waals surface area contributed by atoms with Crippen LogP contribution in [0.1, 0.15) is 63.9 Å². The van der Waals surface area contributed by atoms with Crippen LogP contribution in [-0.2, 0) is 30.0 Å². The van der Waals surface area contributed by atoms with Crippen LogP contribution in [0.2, 0.25) is 0 Å². The highest BCUT2D eigenvalue weighted by Crippen LogP contribution is 2.49. The Balaban J connectivity index is 1.30. The second-order valence-corrected chi connectivity index (χ2v) is 11.0. The van der Waals surface area contributed by atoms with E-state index < -0.39 is 0 Å². The highest BCUT2D eigenvalue weighted by atomic mass is 16.2. The van der Waals surface area contributed by atoms with Gasteiger partial charge in [-0.3, -0.25) is 19.3 Å². The Bertz CT molecular complexity index is 1370. The number of carbonyl (C=O) groups excluding carboxylic acids is 3. The lowest BCUT2D eigenvalue weighted by atomic mass is 9.71. The van der Waals surface area contributed by atoms with Crippen LogP contribution in [-0.4, -0.2) is 64.7 Å². The summed E-state index contributed by atoms with van der Waals surface area (Å²) in [5, 5.41) is 2.77. The van der Waals surface area contributed by atoms with E-state index in [2.05, 4.69) is 33.0 Å². The van der Waals surface area contributed by atoms with Gasteiger partial charge in [-0.15, -0.1) is 0 Å². The number of hydrogen-bond donors (Lipinski definition) is 1. The quantitative estimate of drug-likeness (QED) is 0.497. The number of rotatable bonds is 7. The Kier molecular flexibility index (Phi) is 7.32. The first-order chi connectivity index (χ1) is 18.7. The summed E-state index contributed by atoms with van der Waals surface area (Å²) in [4.78, 5) is 43.0. The van der Waals surface area contributed by atoms with Gasteiger partial charge in [-0.1, -0.05) is 24.3 Å². The minimum absolute atomic E-state index is 0.0104. The molecule has 2 aromatic carbocycles. The number of aromatic nitrogens is 1. The number of amides is 3. The van der Waals surface area contributed by atoms with Crippen molar-refractivity contribution in [1.82, 2.24) is 19.3 Å². The highest BCUT2D eigenvalue weighted by Gasteiger charge is 2.48. The van der Waals surface area contributed by atoms with E-state index in [4.69, 9.17) is 0 Å². The van der Waals surface area contributed by atoms with Crippen molar-refractivity contribution in [2.45, 2.75) is 51.4 Å². The van der Waals surface area contributed by atoms with Gasteiger partial charge in [0.1, 0.15) is 5.69 Å². The molecule has 5 rings (SSSR count). The molecule has 3 aromatic rings. The van der Waals surface area contributed by atoms with Crippen molar-refractivity contribution in [2.75, 3.05) is 33.0 Å². The summed E-state index contributed by atoms with van der Waals surface area (Å²) in [6.45, 7) is 4.43. The zero-order valence-electron chi connectivity index (χ0n) is 23.2. The maximum atomic E-state index is 13.5. The zero-order chi connectivity index (χ0) is 27.7. The topological polar surface area (TPSA) is 77.9 Å². The van der Waals surface area contributed by atoms with Gasteiger partial charge >= 0.3 is 0 Å². The smallest absolute Gasteiger partial charge is 0.270 e. The van der Waals surface area contributed by atoms with Crippen molar-refractivity contribution in [3.8, 4) is 0 Å². The molecule has 0 unspecified atom stereocenters. The van der Waals surface area contributed by atoms with Crippen LogP contribution in [0, 0.1) is 0 Å². The van der Waals surface area contributed by atoms with E-state index in [0.29, 0.717) is 12.1 Å². The maximum absolute atomic E-state index is 13.5. The SMILES string of the molecule is CC(=O)Nc1ccc(CN(C)C(=O)c2ccc3n2CCN(Cc2ccc(C(=O)N(C)C)cc2)C32CCC2)cc1. The van der Waals surface area contributed by atoms with E-state index in [0.717, 1.165) is 49.4 Å². The molecule has 0 saturated heterocycles.